The molecule has 0 heterocycles. The number of rotatable bonds is 4. The van der Waals surface area contributed by atoms with Crippen molar-refractivity contribution in [3.05, 3.63) is 71.8 Å². The van der Waals surface area contributed by atoms with Gasteiger partial charge in [-0.15, -0.1) is 0 Å². The van der Waals surface area contributed by atoms with Crippen LogP contribution in [0.4, 0.5) is 0 Å². The standard InChI is InChI=1S/C22H28O2P2/c1-17-11-5-7-13-19(17)26(24,20-14-8-6-12-18(20)2)22-16-10-9-15-21(22)25(3,4)23/h5-9,11-15,21-22H,10,16H2,1-4H3/t21-,22-/m1/s1. The van der Waals surface area contributed by atoms with Gasteiger partial charge in [0.15, 0.2) is 0 Å². The summed E-state index contributed by atoms with van der Waals surface area (Å²) in [5.41, 5.74) is 1.85. The van der Waals surface area contributed by atoms with Crippen molar-refractivity contribution >= 4 is 24.9 Å². The van der Waals surface area contributed by atoms with Gasteiger partial charge in [0.1, 0.15) is 7.14 Å². The predicted octanol–water partition coefficient (Wildman–Crippen LogP) is 5.33. The van der Waals surface area contributed by atoms with E-state index in [0.29, 0.717) is 0 Å². The smallest absolute Gasteiger partial charge is 0.147 e. The summed E-state index contributed by atoms with van der Waals surface area (Å²) in [7, 11) is -5.37. The van der Waals surface area contributed by atoms with E-state index >= 15 is 0 Å². The quantitative estimate of drug-likeness (QED) is 0.526. The zero-order valence-electron chi connectivity index (χ0n) is 16.1. The molecule has 1 aliphatic rings. The summed E-state index contributed by atoms with van der Waals surface area (Å²) in [6.45, 7) is 7.73. The first-order chi connectivity index (χ1) is 12.3. The number of aryl methyl sites for hydroxylation is 2. The molecule has 2 aromatic carbocycles. The van der Waals surface area contributed by atoms with E-state index in [2.05, 4.69) is 12.2 Å². The van der Waals surface area contributed by atoms with Gasteiger partial charge < -0.3 is 9.13 Å². The van der Waals surface area contributed by atoms with Crippen LogP contribution in [0.2, 0.25) is 0 Å². The van der Waals surface area contributed by atoms with Gasteiger partial charge in [0.05, 0.1) is 7.14 Å². The van der Waals surface area contributed by atoms with E-state index in [0.717, 1.165) is 34.6 Å². The van der Waals surface area contributed by atoms with Gasteiger partial charge in [0.2, 0.25) is 0 Å². The molecule has 3 rings (SSSR count). The topological polar surface area (TPSA) is 34.1 Å². The van der Waals surface area contributed by atoms with Gasteiger partial charge in [-0.1, -0.05) is 60.7 Å². The van der Waals surface area contributed by atoms with Crippen LogP contribution in [-0.2, 0) is 9.13 Å². The fourth-order valence-corrected chi connectivity index (χ4v) is 11.0. The Morgan fingerprint density at radius 1 is 0.846 bits per heavy atom. The highest BCUT2D eigenvalue weighted by atomic mass is 31.2. The molecule has 0 amide bonds. The fourth-order valence-electron chi connectivity index (χ4n) is 4.18. The number of hydrogen-bond donors (Lipinski definition) is 0. The number of allylic oxidation sites excluding steroid dienone is 2. The van der Waals surface area contributed by atoms with Crippen molar-refractivity contribution in [3.8, 4) is 0 Å². The van der Waals surface area contributed by atoms with Crippen LogP contribution in [0.3, 0.4) is 0 Å². The van der Waals surface area contributed by atoms with Crippen molar-refractivity contribution in [1.29, 1.82) is 0 Å². The Kier molecular flexibility index (Phi) is 5.48. The van der Waals surface area contributed by atoms with Crippen molar-refractivity contribution in [3.63, 3.8) is 0 Å². The highest BCUT2D eigenvalue weighted by Crippen LogP contribution is 2.61. The molecular weight excluding hydrogens is 358 g/mol. The Balaban J connectivity index is 2.31. The van der Waals surface area contributed by atoms with E-state index in [1.54, 1.807) is 0 Å². The van der Waals surface area contributed by atoms with Gasteiger partial charge in [-0.25, -0.2) is 0 Å². The zero-order chi connectivity index (χ0) is 18.9. The molecule has 0 saturated carbocycles. The minimum atomic E-state index is -2.95. The molecule has 0 aromatic heterocycles. The maximum absolute atomic E-state index is 14.9. The van der Waals surface area contributed by atoms with Gasteiger partial charge >= 0.3 is 0 Å². The highest BCUT2D eigenvalue weighted by Gasteiger charge is 2.45. The molecule has 1 aliphatic carbocycles. The van der Waals surface area contributed by atoms with E-state index in [9.17, 15) is 9.13 Å². The zero-order valence-corrected chi connectivity index (χ0v) is 17.8. The van der Waals surface area contributed by atoms with Crippen LogP contribution in [0.5, 0.6) is 0 Å². The first-order valence-electron chi connectivity index (χ1n) is 9.19. The molecule has 26 heavy (non-hydrogen) atoms. The minimum Gasteiger partial charge on any atom is -0.323 e. The van der Waals surface area contributed by atoms with E-state index in [-0.39, 0.29) is 11.3 Å². The lowest BCUT2D eigenvalue weighted by Crippen LogP contribution is -2.36. The third-order valence-corrected chi connectivity index (χ3v) is 11.6. The van der Waals surface area contributed by atoms with Crippen LogP contribution in [0.1, 0.15) is 24.0 Å². The Morgan fingerprint density at radius 3 is 1.81 bits per heavy atom. The third kappa shape index (κ3) is 3.42. The van der Waals surface area contributed by atoms with Gasteiger partial charge in [-0.05, 0) is 51.1 Å². The average molecular weight is 386 g/mol. The van der Waals surface area contributed by atoms with E-state index < -0.39 is 14.3 Å². The first kappa shape index (κ1) is 19.4. The SMILES string of the molecule is Cc1ccccc1P(=O)(c1ccccc1C)[C@@H]1CCC=C[C@H]1P(C)(C)=O. The lowest BCUT2D eigenvalue weighted by Gasteiger charge is -2.38. The number of hydrogen-bond acceptors (Lipinski definition) is 2. The van der Waals surface area contributed by atoms with Crippen molar-refractivity contribution in [1.82, 2.24) is 0 Å². The van der Waals surface area contributed by atoms with Gasteiger partial charge in [-0.3, -0.25) is 0 Å². The van der Waals surface area contributed by atoms with Crippen LogP contribution >= 0.6 is 14.3 Å². The van der Waals surface area contributed by atoms with E-state index in [1.807, 2.05) is 75.7 Å². The third-order valence-electron chi connectivity index (χ3n) is 5.49. The Labute approximate surface area is 157 Å². The van der Waals surface area contributed by atoms with Crippen LogP contribution < -0.4 is 10.6 Å². The van der Waals surface area contributed by atoms with Crippen LogP contribution in [0.15, 0.2) is 60.7 Å². The van der Waals surface area contributed by atoms with Crippen LogP contribution in [0.25, 0.3) is 0 Å². The first-order valence-corrected chi connectivity index (χ1v) is 13.6. The molecule has 2 atom stereocenters. The van der Waals surface area contributed by atoms with Gasteiger partial charge in [0, 0.05) is 21.9 Å². The fraction of sp³-hybridized carbons (Fsp3) is 0.364. The Hall–Kier alpha value is -1.36. The molecule has 2 nitrogen and oxygen atoms in total. The molecule has 138 valence electrons. The Morgan fingerprint density at radius 2 is 1.35 bits per heavy atom. The monoisotopic (exact) mass is 386 g/mol. The molecule has 0 radical (unpaired) electrons. The molecule has 0 bridgehead atoms. The largest absolute Gasteiger partial charge is 0.323 e. The maximum atomic E-state index is 14.9. The molecule has 0 saturated heterocycles. The van der Waals surface area contributed by atoms with Crippen molar-refractivity contribution in [2.45, 2.75) is 38.0 Å². The molecule has 0 aliphatic heterocycles. The molecule has 0 spiro atoms. The summed E-state index contributed by atoms with van der Waals surface area (Å²) in [5, 5.41) is 1.85. The van der Waals surface area contributed by atoms with Gasteiger partial charge in [-0.2, -0.15) is 0 Å². The molecule has 0 unspecified atom stereocenters. The lowest BCUT2D eigenvalue weighted by atomic mass is 10.1. The van der Waals surface area contributed by atoms with Crippen molar-refractivity contribution < 1.29 is 9.13 Å². The average Bonchev–Trinajstić information content (AvgIpc) is 2.61. The van der Waals surface area contributed by atoms with Crippen molar-refractivity contribution in [2.75, 3.05) is 13.3 Å². The lowest BCUT2D eigenvalue weighted by molar-refractivity contribution is 0.554. The summed E-state index contributed by atoms with van der Waals surface area (Å²) in [6, 6.07) is 16.0. The van der Waals surface area contributed by atoms with Gasteiger partial charge in [0.25, 0.3) is 0 Å². The molecule has 2 aromatic rings. The van der Waals surface area contributed by atoms with Crippen LogP contribution in [-0.4, -0.2) is 24.6 Å². The van der Waals surface area contributed by atoms with Crippen molar-refractivity contribution in [2.24, 2.45) is 0 Å². The molecule has 0 N–H and O–H groups in total. The summed E-state index contributed by atoms with van der Waals surface area (Å²) >= 11 is 0. The summed E-state index contributed by atoms with van der Waals surface area (Å²) < 4.78 is 28.0. The summed E-state index contributed by atoms with van der Waals surface area (Å²) in [4.78, 5) is 0. The second-order valence-corrected chi connectivity index (χ2v) is 14.1. The van der Waals surface area contributed by atoms with E-state index in [4.69, 9.17) is 0 Å². The summed E-state index contributed by atoms with van der Waals surface area (Å²) in [6.07, 6.45) is 5.88. The highest BCUT2D eigenvalue weighted by molar-refractivity contribution is 7.80. The second kappa shape index (κ2) is 7.34. The van der Waals surface area contributed by atoms with E-state index in [1.165, 1.54) is 0 Å². The minimum absolute atomic E-state index is 0.115. The predicted molar refractivity (Wildman–Crippen MR) is 115 cm³/mol. The summed E-state index contributed by atoms with van der Waals surface area (Å²) in [5.74, 6) is 0. The molecular formula is C22H28O2P2. The normalized spacial score (nSPS) is 20.9. The molecule has 4 heteroatoms. The molecule has 0 fully saturated rings. The van der Waals surface area contributed by atoms with Crippen LogP contribution in [0, 0.1) is 13.8 Å². The Bertz CT molecular complexity index is 874. The number of benzene rings is 2. The second-order valence-electron chi connectivity index (χ2n) is 7.73. The maximum Gasteiger partial charge on any atom is 0.147 e.